The van der Waals surface area contributed by atoms with Gasteiger partial charge in [-0.1, -0.05) is 67.6 Å². The van der Waals surface area contributed by atoms with Crippen molar-refractivity contribution in [1.29, 1.82) is 0 Å². The summed E-state index contributed by atoms with van der Waals surface area (Å²) in [5.41, 5.74) is 2.88. The van der Waals surface area contributed by atoms with Gasteiger partial charge >= 0.3 is 0 Å². The van der Waals surface area contributed by atoms with Gasteiger partial charge < -0.3 is 10.6 Å². The Hall–Kier alpha value is -2.73. The Kier molecular flexibility index (Phi) is 5.86. The number of hydrogen-bond donors (Lipinski definition) is 2. The summed E-state index contributed by atoms with van der Waals surface area (Å²) in [7, 11) is 0. The summed E-state index contributed by atoms with van der Waals surface area (Å²) in [6, 6.07) is 14.8. The van der Waals surface area contributed by atoms with E-state index >= 15 is 0 Å². The first kappa shape index (κ1) is 19.0. The van der Waals surface area contributed by atoms with E-state index in [9.17, 15) is 9.59 Å². The molecule has 0 radical (unpaired) electrons. The Balaban J connectivity index is 1.69. The molecule has 27 heavy (non-hydrogen) atoms. The molecule has 0 bridgehead atoms. The zero-order valence-corrected chi connectivity index (χ0v) is 16.5. The number of nitrogens with zero attached hydrogens (tertiary/aromatic N) is 1. The lowest BCUT2D eigenvalue weighted by atomic mass is 10.0. The molecule has 2 N–H and O–H groups in total. The van der Waals surface area contributed by atoms with Gasteiger partial charge in [-0.15, -0.1) is 0 Å². The number of fused-ring (bicyclic) bond motifs is 1. The van der Waals surface area contributed by atoms with E-state index in [2.05, 4.69) is 15.6 Å². The fraction of sp³-hybridized carbons (Fsp3) is 0.286. The maximum absolute atomic E-state index is 12.7. The van der Waals surface area contributed by atoms with Crippen LogP contribution in [0.2, 0.25) is 0 Å². The number of aromatic nitrogens is 1. The average molecular weight is 382 g/mol. The monoisotopic (exact) mass is 381 g/mol. The van der Waals surface area contributed by atoms with Gasteiger partial charge in [0.2, 0.25) is 11.8 Å². The lowest BCUT2D eigenvalue weighted by Gasteiger charge is -2.21. The molecule has 0 saturated heterocycles. The number of rotatable bonds is 6. The van der Waals surface area contributed by atoms with Crippen molar-refractivity contribution in [3.63, 3.8) is 0 Å². The minimum Gasteiger partial charge on any atom is -0.344 e. The summed E-state index contributed by atoms with van der Waals surface area (Å²) in [5, 5.41) is 6.27. The van der Waals surface area contributed by atoms with Gasteiger partial charge in [-0.2, -0.15) is 0 Å². The lowest BCUT2D eigenvalue weighted by Crippen LogP contribution is -2.47. The van der Waals surface area contributed by atoms with E-state index in [1.807, 2.05) is 69.3 Å². The third-order valence-electron chi connectivity index (χ3n) is 4.32. The Bertz CT molecular complexity index is 950. The molecule has 3 aromatic rings. The average Bonchev–Trinajstić information content (AvgIpc) is 3.04. The van der Waals surface area contributed by atoms with Crippen LogP contribution in [0.4, 0.5) is 5.13 Å². The normalized spacial score (nSPS) is 12.1. The van der Waals surface area contributed by atoms with Crippen LogP contribution < -0.4 is 10.6 Å². The first-order valence-electron chi connectivity index (χ1n) is 8.94. The van der Waals surface area contributed by atoms with Crippen molar-refractivity contribution in [3.05, 3.63) is 59.7 Å². The number of benzene rings is 2. The van der Waals surface area contributed by atoms with Crippen LogP contribution in [0.25, 0.3) is 10.2 Å². The minimum absolute atomic E-state index is 0.0409. The van der Waals surface area contributed by atoms with Crippen molar-refractivity contribution in [2.24, 2.45) is 5.92 Å². The number of carbonyl (C=O) groups is 2. The van der Waals surface area contributed by atoms with Crippen LogP contribution in [-0.4, -0.2) is 22.8 Å². The molecule has 0 spiro atoms. The third kappa shape index (κ3) is 4.71. The second-order valence-electron chi connectivity index (χ2n) is 6.88. The van der Waals surface area contributed by atoms with Crippen molar-refractivity contribution in [3.8, 4) is 0 Å². The molecule has 2 amide bonds. The molecule has 3 rings (SSSR count). The van der Waals surface area contributed by atoms with Crippen molar-refractivity contribution in [2.45, 2.75) is 33.2 Å². The topological polar surface area (TPSA) is 71.1 Å². The van der Waals surface area contributed by atoms with Gasteiger partial charge in [0.15, 0.2) is 5.13 Å². The van der Waals surface area contributed by atoms with E-state index in [-0.39, 0.29) is 24.2 Å². The van der Waals surface area contributed by atoms with Crippen LogP contribution in [0.1, 0.15) is 25.0 Å². The largest absolute Gasteiger partial charge is 0.344 e. The third-order valence-corrected chi connectivity index (χ3v) is 5.26. The van der Waals surface area contributed by atoms with Crippen molar-refractivity contribution in [2.75, 3.05) is 5.32 Å². The van der Waals surface area contributed by atoms with Crippen LogP contribution in [0.3, 0.4) is 0 Å². The summed E-state index contributed by atoms with van der Waals surface area (Å²) in [6.07, 6.45) is 0.248. The molecule has 0 aliphatic rings. The summed E-state index contributed by atoms with van der Waals surface area (Å²) >= 11 is 1.43. The Morgan fingerprint density at radius 1 is 1.07 bits per heavy atom. The molecule has 0 aliphatic carbocycles. The number of amides is 2. The zero-order valence-electron chi connectivity index (χ0n) is 15.7. The van der Waals surface area contributed by atoms with E-state index in [0.717, 1.165) is 21.3 Å². The Labute approximate surface area is 162 Å². The van der Waals surface area contributed by atoms with E-state index in [4.69, 9.17) is 0 Å². The van der Waals surface area contributed by atoms with Crippen molar-refractivity contribution >= 4 is 38.5 Å². The predicted molar refractivity (Wildman–Crippen MR) is 110 cm³/mol. The first-order chi connectivity index (χ1) is 12.9. The second-order valence-corrected chi connectivity index (χ2v) is 7.91. The molecular weight excluding hydrogens is 358 g/mol. The number of hydrogen-bond acceptors (Lipinski definition) is 4. The van der Waals surface area contributed by atoms with E-state index in [1.165, 1.54) is 11.3 Å². The standard InChI is InChI=1S/C21H23N3O2S/c1-13(2)18(22-17(25)12-15-9-5-4-6-10-15)20(26)24-21-23-19-14(3)8-7-11-16(19)27-21/h4-11,13,18H,12H2,1-3H3,(H,22,25)(H,23,24,26)/t18-/m0/s1. The smallest absolute Gasteiger partial charge is 0.248 e. The van der Waals surface area contributed by atoms with Gasteiger partial charge in [-0.05, 0) is 30.0 Å². The maximum atomic E-state index is 12.7. The molecule has 0 aliphatic heterocycles. The fourth-order valence-electron chi connectivity index (χ4n) is 2.86. The summed E-state index contributed by atoms with van der Waals surface area (Å²) in [5.74, 6) is -0.459. The molecule has 0 unspecified atom stereocenters. The molecule has 1 atom stereocenters. The molecule has 0 saturated carbocycles. The Morgan fingerprint density at radius 2 is 1.81 bits per heavy atom. The molecule has 5 nitrogen and oxygen atoms in total. The van der Waals surface area contributed by atoms with Crippen LogP contribution in [0.5, 0.6) is 0 Å². The van der Waals surface area contributed by atoms with E-state index in [1.54, 1.807) is 0 Å². The highest BCUT2D eigenvalue weighted by Gasteiger charge is 2.25. The highest BCUT2D eigenvalue weighted by molar-refractivity contribution is 7.22. The SMILES string of the molecule is Cc1cccc2sc(NC(=O)[C@@H](NC(=O)Cc3ccccc3)C(C)C)nc12. The van der Waals surface area contributed by atoms with E-state index < -0.39 is 6.04 Å². The number of nitrogens with one attached hydrogen (secondary N) is 2. The number of para-hydroxylation sites is 1. The second kappa shape index (κ2) is 8.31. The number of aryl methyl sites for hydroxylation is 1. The lowest BCUT2D eigenvalue weighted by molar-refractivity contribution is -0.127. The number of anilines is 1. The number of carbonyl (C=O) groups excluding carboxylic acids is 2. The van der Waals surface area contributed by atoms with Gasteiger partial charge in [-0.25, -0.2) is 4.98 Å². The fourth-order valence-corrected chi connectivity index (χ4v) is 3.81. The van der Waals surface area contributed by atoms with Crippen LogP contribution in [-0.2, 0) is 16.0 Å². The zero-order chi connectivity index (χ0) is 19.4. The van der Waals surface area contributed by atoms with Gasteiger partial charge in [0.1, 0.15) is 6.04 Å². The van der Waals surface area contributed by atoms with Gasteiger partial charge in [-0.3, -0.25) is 9.59 Å². The summed E-state index contributed by atoms with van der Waals surface area (Å²) in [4.78, 5) is 29.6. The van der Waals surface area contributed by atoms with Crippen molar-refractivity contribution < 1.29 is 9.59 Å². The van der Waals surface area contributed by atoms with Gasteiger partial charge in [0.25, 0.3) is 0 Å². The summed E-state index contributed by atoms with van der Waals surface area (Å²) in [6.45, 7) is 5.82. The number of thiazole rings is 1. The van der Waals surface area contributed by atoms with Crippen molar-refractivity contribution in [1.82, 2.24) is 10.3 Å². The highest BCUT2D eigenvalue weighted by atomic mass is 32.1. The molecular formula is C21H23N3O2S. The van der Waals surface area contributed by atoms with Gasteiger partial charge in [0.05, 0.1) is 16.6 Å². The Morgan fingerprint density at radius 3 is 2.48 bits per heavy atom. The van der Waals surface area contributed by atoms with Gasteiger partial charge in [0, 0.05) is 0 Å². The maximum Gasteiger partial charge on any atom is 0.248 e. The molecule has 1 heterocycles. The van der Waals surface area contributed by atoms with Crippen LogP contribution in [0, 0.1) is 12.8 Å². The molecule has 6 heteroatoms. The van der Waals surface area contributed by atoms with E-state index in [0.29, 0.717) is 5.13 Å². The minimum atomic E-state index is -0.616. The molecule has 0 fully saturated rings. The molecule has 140 valence electrons. The molecule has 2 aromatic carbocycles. The quantitative estimate of drug-likeness (QED) is 0.680. The summed E-state index contributed by atoms with van der Waals surface area (Å²) < 4.78 is 1.03. The molecule has 1 aromatic heterocycles. The van der Waals surface area contributed by atoms with Crippen LogP contribution in [0.15, 0.2) is 48.5 Å². The first-order valence-corrected chi connectivity index (χ1v) is 9.76. The highest BCUT2D eigenvalue weighted by Crippen LogP contribution is 2.28. The van der Waals surface area contributed by atoms with Crippen LogP contribution >= 0.6 is 11.3 Å². The predicted octanol–water partition coefficient (Wildman–Crippen LogP) is 3.93.